The molecule has 19 heteroatoms. The normalized spacial score (nSPS) is 12.4. The maximum Gasteiger partial charge on any atom is 0.166 e. The third-order valence-electron chi connectivity index (χ3n) is 21.5. The number of nitrogens with one attached hydrogen (secondary N) is 6. The molecular weight excluding hydrogens is 1730 g/mol. The summed E-state index contributed by atoms with van der Waals surface area (Å²) in [5, 5.41) is 0. The Bertz CT molecular complexity index is 5030. The largest absolute Gasteiger partial charge is 0.364 e. The van der Waals surface area contributed by atoms with E-state index in [0.717, 1.165) is 157 Å². The Morgan fingerprint density at radius 2 is 0.706 bits per heavy atom. The number of carbonyl (C=O) groups excluding carboxylic acids is 5. The van der Waals surface area contributed by atoms with Crippen LogP contribution in [-0.2, 0) is 0 Å². The third kappa shape index (κ3) is 26.1. The van der Waals surface area contributed by atoms with Gasteiger partial charge in [-0.3, -0.25) is 24.4 Å². The van der Waals surface area contributed by atoms with Gasteiger partial charge in [0.1, 0.15) is 6.29 Å². The number of hydrogen-bond donors (Lipinski definition) is 6. The molecule has 0 saturated heterocycles. The van der Waals surface area contributed by atoms with E-state index in [1.54, 1.807) is 12.1 Å². The predicted molar refractivity (Wildman–Crippen MR) is 499 cm³/mol. The van der Waals surface area contributed by atoms with Gasteiger partial charge in [0.25, 0.3) is 0 Å². The number of H-pyrrole nitrogens is 6. The van der Waals surface area contributed by atoms with Crippen molar-refractivity contribution in [3.63, 3.8) is 0 Å². The Morgan fingerprint density at radius 1 is 0.370 bits per heavy atom. The first kappa shape index (κ1) is 93.1. The summed E-state index contributed by atoms with van der Waals surface area (Å²) >= 11 is -5.91. The van der Waals surface area contributed by atoms with E-state index in [0.29, 0.717) is 11.4 Å². The van der Waals surface area contributed by atoms with Gasteiger partial charge >= 0.3 is 273 Å². The second-order valence-corrected chi connectivity index (χ2v) is 60.7. The molecule has 0 saturated carbocycles. The Morgan fingerprint density at radius 3 is 1.02 bits per heavy atom. The Kier molecular flexibility index (Phi) is 37.4. The van der Waals surface area contributed by atoms with E-state index >= 15 is 0 Å². The number of nitrogens with zero attached hydrogens (tertiary/aromatic N) is 4. The molecule has 0 radical (unpaired) electrons. The molecule has 15 nitrogen and oxygen atoms in total. The van der Waals surface area contributed by atoms with E-state index in [4.69, 9.17) is 17.8 Å². The van der Waals surface area contributed by atoms with Crippen molar-refractivity contribution in [3.8, 4) is 0 Å². The average molecular weight is 1850 g/mol. The van der Waals surface area contributed by atoms with E-state index in [-0.39, 0.29) is 23.7 Å². The Labute approximate surface area is 721 Å². The Balaban J connectivity index is 0.000000170. The SMILES string of the molecule is CCCN=Cc1ccc(C(c2ccc(C)cc2)c2ccc(C=NCCC)[nH]2)[nH]1.CCC[CH2][Sn]([Cl])([Cl])[CH2]CCC.CCC[CH2][Sn]1([CH2]CCC)[n]2c(C=O)ccc2C(c2ccc(C)cc2)c2ccc(C=O)[n]21.Cc1ccc(C(c2ccc(C=O)[nH]2)c2ccc(C=O)[nH]2)cc1.Cc1ccc(C(c2ccc[nH]2)c2ccc[nH]2)cc1.Cc1ccc(C=O)cc1. The predicted octanol–water partition coefficient (Wildman–Crippen LogP) is 25.2. The van der Waals surface area contributed by atoms with Crippen LogP contribution in [0.15, 0.2) is 241 Å². The van der Waals surface area contributed by atoms with Crippen LogP contribution in [0.1, 0.15) is 289 Å². The second kappa shape index (κ2) is 47.9. The Hall–Kier alpha value is -9.79. The molecule has 8 aromatic heterocycles. The molecule has 1 aliphatic heterocycles. The standard InChI is InChI=1S/C24H30N4.2C18H16N2O2.C16H16N2.C8H8O.4C4H9.2ClH.2Sn/c1-4-14-25-16-20-10-12-22(27-20)24(19-8-6-18(3)7-9-19)23-13-11-21(28-23)17-26-15-5-2;2*1-12-2-4-13(5-3-12)18(16-8-6-14(10-21)19-16)17-9-7-15(11-22)20-17;1-12-6-8-13(9-7-12)16(14-4-2-10-17-14)15-5-3-11-18-15;1-7-2-4-8(6-9)5-3-7;4*1-3-4-2;;;;/h6-13,16-17,24,27-28H,4-5,14-15H2,1-3H3;2-11,18H,1H3,(H2,19,20,21,22);2-11,18-20H,1H3;2-11,16-18H,1H3;2-6H,1H3;4*1,3-4H2,2H3;2*1H;;/q;;;;;;;;;;;2*+2/p-4. The van der Waals surface area contributed by atoms with Crippen LogP contribution < -0.4 is 0 Å². The van der Waals surface area contributed by atoms with E-state index in [1.165, 1.54) is 93.0 Å². The molecule has 5 aromatic carbocycles. The molecule has 1 aliphatic rings. The number of rotatable bonds is 33. The van der Waals surface area contributed by atoms with Crippen molar-refractivity contribution in [2.75, 3.05) is 13.1 Å². The number of aromatic amines is 6. The average Bonchev–Trinajstić information content (AvgIpc) is 1.62. The minimum atomic E-state index is -3.42. The number of aliphatic imine (C=N–C) groups is 2. The topological polar surface area (TPSA) is 215 Å². The number of unbranched alkanes of at least 4 members (excludes halogenated alkanes) is 4. The van der Waals surface area contributed by atoms with Gasteiger partial charge in [0, 0.05) is 77.6 Å². The van der Waals surface area contributed by atoms with Gasteiger partial charge in [-0.05, 0) is 130 Å². The first-order valence-corrected chi connectivity index (χ1v) is 60.1. The molecule has 119 heavy (non-hydrogen) atoms. The van der Waals surface area contributed by atoms with Crippen molar-refractivity contribution in [2.24, 2.45) is 9.98 Å². The number of hydrogen-bond acceptors (Lipinski definition) is 7. The molecule has 0 aliphatic carbocycles. The van der Waals surface area contributed by atoms with Crippen LogP contribution >= 0.6 is 17.8 Å². The number of aryl methyl sites for hydroxylation is 5. The summed E-state index contributed by atoms with van der Waals surface area (Å²) < 4.78 is 9.45. The molecule has 0 spiro atoms. The number of carbonyl (C=O) groups is 5. The van der Waals surface area contributed by atoms with Gasteiger partial charge in [0.05, 0.1) is 40.5 Å². The van der Waals surface area contributed by atoms with E-state index in [1.807, 2.05) is 99.3 Å². The van der Waals surface area contributed by atoms with Crippen molar-refractivity contribution >= 4 is 96.7 Å². The summed E-state index contributed by atoms with van der Waals surface area (Å²) in [5.74, 6) is 0.317. The van der Waals surface area contributed by atoms with Crippen LogP contribution in [0.25, 0.3) is 0 Å². The molecule has 0 fully saturated rings. The summed E-state index contributed by atoms with van der Waals surface area (Å²) in [6, 6.07) is 74.3. The fraction of sp³-hybridized carbons (Fsp3) is 0.310. The third-order valence-corrected chi connectivity index (χ3v) is 47.1. The number of aromatic nitrogens is 8. The molecule has 622 valence electrons. The fourth-order valence-corrected chi connectivity index (χ4v) is 40.9. The summed E-state index contributed by atoms with van der Waals surface area (Å²) in [7, 11) is 12.5. The van der Waals surface area contributed by atoms with Crippen LogP contribution in [0, 0.1) is 34.6 Å². The summed E-state index contributed by atoms with van der Waals surface area (Å²) in [6.45, 7) is 25.2. The van der Waals surface area contributed by atoms with Crippen LogP contribution in [0.2, 0.25) is 17.7 Å². The second-order valence-electron chi connectivity index (χ2n) is 31.0. The summed E-state index contributed by atoms with van der Waals surface area (Å²) in [4.78, 5) is 85.3. The van der Waals surface area contributed by atoms with Gasteiger partial charge in [-0.2, -0.15) is 0 Å². The minimum absolute atomic E-state index is 0.0380. The number of benzene rings is 5. The van der Waals surface area contributed by atoms with Crippen LogP contribution in [0.5, 0.6) is 0 Å². The van der Waals surface area contributed by atoms with Crippen molar-refractivity contribution in [3.05, 3.63) is 366 Å². The first-order chi connectivity index (χ1) is 57.8. The van der Waals surface area contributed by atoms with Crippen LogP contribution in [0.3, 0.4) is 0 Å². The minimum Gasteiger partial charge on any atom is -0.364 e. The van der Waals surface area contributed by atoms with Crippen molar-refractivity contribution in [1.29, 1.82) is 0 Å². The maximum atomic E-state index is 12.2. The zero-order valence-corrected chi connectivity index (χ0v) is 78.4. The molecule has 9 heterocycles. The number of fused-ring (bicyclic) bond motifs is 2. The van der Waals surface area contributed by atoms with Crippen molar-refractivity contribution in [1.82, 2.24) is 35.5 Å². The summed E-state index contributed by atoms with van der Waals surface area (Å²) in [6.07, 6.45) is 23.8. The molecule has 0 amide bonds. The quantitative estimate of drug-likeness (QED) is 0.0134. The molecule has 0 bridgehead atoms. The van der Waals surface area contributed by atoms with Crippen molar-refractivity contribution in [2.45, 2.75) is 182 Å². The van der Waals surface area contributed by atoms with Gasteiger partial charge in [0.15, 0.2) is 12.6 Å². The van der Waals surface area contributed by atoms with E-state index in [2.05, 4.69) is 253 Å². The number of aldehydes is 5. The molecule has 0 unspecified atom stereocenters. The molecule has 0 atom stereocenters. The zero-order chi connectivity index (χ0) is 85.1. The maximum absolute atomic E-state index is 12.2. The van der Waals surface area contributed by atoms with E-state index < -0.39 is 35.0 Å². The first-order valence-electron chi connectivity index (χ1n) is 42.2. The number of halogens is 2. The van der Waals surface area contributed by atoms with Gasteiger partial charge in [0.2, 0.25) is 0 Å². The van der Waals surface area contributed by atoms with Gasteiger partial charge in [-0.15, -0.1) is 0 Å². The molecule has 13 aromatic rings. The van der Waals surface area contributed by atoms with Crippen molar-refractivity contribution < 1.29 is 24.0 Å². The van der Waals surface area contributed by atoms with Gasteiger partial charge in [-0.1, -0.05) is 133 Å². The van der Waals surface area contributed by atoms with E-state index in [9.17, 15) is 24.0 Å². The smallest absolute Gasteiger partial charge is 0.166 e. The fourth-order valence-electron chi connectivity index (χ4n) is 15.2. The van der Waals surface area contributed by atoms with Gasteiger partial charge in [-0.25, -0.2) is 0 Å². The molecular formula is C100H120Cl2N10O5Sn2. The van der Waals surface area contributed by atoms with Crippen LogP contribution in [-0.4, -0.2) is 127 Å². The zero-order valence-electron chi connectivity index (χ0n) is 71.2. The molecule has 14 rings (SSSR count). The monoisotopic (exact) mass is 1850 g/mol. The molecule has 6 N–H and O–H groups in total. The van der Waals surface area contributed by atoms with Crippen LogP contribution in [0.4, 0.5) is 0 Å². The summed E-state index contributed by atoms with van der Waals surface area (Å²) in [5.41, 5.74) is 25.5. The van der Waals surface area contributed by atoms with Gasteiger partial charge < -0.3 is 29.9 Å².